The Kier molecular flexibility index (Phi) is 4.42. The summed E-state index contributed by atoms with van der Waals surface area (Å²) >= 11 is 0. The number of benzene rings is 1. The van der Waals surface area contributed by atoms with Crippen molar-refractivity contribution in [3.8, 4) is 5.75 Å². The van der Waals surface area contributed by atoms with Crippen LogP contribution < -0.4 is 15.4 Å². The monoisotopic (exact) mass is 266 g/mol. The van der Waals surface area contributed by atoms with Crippen molar-refractivity contribution in [3.05, 3.63) is 29.6 Å². The fourth-order valence-corrected chi connectivity index (χ4v) is 2.39. The van der Waals surface area contributed by atoms with Gasteiger partial charge in [-0.05, 0) is 24.1 Å². The van der Waals surface area contributed by atoms with Crippen LogP contribution in [0.25, 0.3) is 0 Å². The molecular formula is C15H23FN2O. The third-order valence-electron chi connectivity index (χ3n) is 3.76. The second kappa shape index (κ2) is 5.88. The highest BCUT2D eigenvalue weighted by Gasteiger charge is 2.25. The van der Waals surface area contributed by atoms with Gasteiger partial charge in [-0.2, -0.15) is 0 Å². The summed E-state index contributed by atoms with van der Waals surface area (Å²) in [7, 11) is 1.63. The van der Waals surface area contributed by atoms with Crippen LogP contribution >= 0.6 is 0 Å². The molecule has 0 atom stereocenters. The molecule has 3 nitrogen and oxygen atoms in total. The first-order chi connectivity index (χ1) is 9.03. The number of hydrogen-bond acceptors (Lipinski definition) is 3. The molecule has 106 valence electrons. The van der Waals surface area contributed by atoms with Gasteiger partial charge in [0.25, 0.3) is 0 Å². The molecule has 0 amide bonds. The molecular weight excluding hydrogens is 243 g/mol. The first-order valence-electron chi connectivity index (χ1n) is 6.78. The van der Waals surface area contributed by atoms with Crippen LogP contribution in [-0.2, 0) is 5.41 Å². The topological polar surface area (TPSA) is 33.3 Å². The van der Waals surface area contributed by atoms with Gasteiger partial charge in [0.2, 0.25) is 0 Å². The quantitative estimate of drug-likeness (QED) is 0.825. The molecule has 0 radical (unpaired) electrons. The van der Waals surface area contributed by atoms with Crippen LogP contribution in [0.4, 0.5) is 4.39 Å². The third-order valence-corrected chi connectivity index (χ3v) is 3.76. The predicted octanol–water partition coefficient (Wildman–Crippen LogP) is 1.92. The molecule has 1 aromatic carbocycles. The molecule has 1 aliphatic heterocycles. The van der Waals surface area contributed by atoms with Crippen molar-refractivity contribution < 1.29 is 9.13 Å². The minimum absolute atomic E-state index is 0.162. The van der Waals surface area contributed by atoms with Crippen molar-refractivity contribution in [2.45, 2.75) is 19.3 Å². The molecule has 1 aliphatic rings. The van der Waals surface area contributed by atoms with E-state index in [1.807, 2.05) is 0 Å². The van der Waals surface area contributed by atoms with E-state index in [9.17, 15) is 4.39 Å². The summed E-state index contributed by atoms with van der Waals surface area (Å²) in [4.78, 5) is 0. The fraction of sp³-hybridized carbons (Fsp3) is 0.600. The van der Waals surface area contributed by atoms with Crippen LogP contribution in [0.15, 0.2) is 18.2 Å². The Bertz CT molecular complexity index is 430. The van der Waals surface area contributed by atoms with E-state index in [2.05, 4.69) is 24.5 Å². The van der Waals surface area contributed by atoms with E-state index in [-0.39, 0.29) is 11.2 Å². The molecule has 1 saturated heterocycles. The van der Waals surface area contributed by atoms with Crippen molar-refractivity contribution in [2.24, 2.45) is 5.92 Å². The van der Waals surface area contributed by atoms with Crippen LogP contribution in [-0.4, -0.2) is 33.3 Å². The molecule has 0 spiro atoms. The van der Waals surface area contributed by atoms with E-state index in [1.54, 1.807) is 19.2 Å². The van der Waals surface area contributed by atoms with Gasteiger partial charge in [-0.3, -0.25) is 0 Å². The van der Waals surface area contributed by atoms with Crippen LogP contribution in [0.5, 0.6) is 5.75 Å². The first-order valence-corrected chi connectivity index (χ1v) is 6.78. The van der Waals surface area contributed by atoms with Crippen LogP contribution in [0.3, 0.4) is 0 Å². The maximum absolute atomic E-state index is 13.4. The first kappa shape index (κ1) is 14.3. The molecule has 0 bridgehead atoms. The van der Waals surface area contributed by atoms with Crippen molar-refractivity contribution >= 4 is 0 Å². The lowest BCUT2D eigenvalue weighted by atomic mass is 9.83. The maximum Gasteiger partial charge on any atom is 0.123 e. The predicted molar refractivity (Wildman–Crippen MR) is 75.2 cm³/mol. The normalized spacial score (nSPS) is 16.2. The van der Waals surface area contributed by atoms with Gasteiger partial charge in [0.1, 0.15) is 11.6 Å². The average Bonchev–Trinajstić information content (AvgIpc) is 2.32. The van der Waals surface area contributed by atoms with Gasteiger partial charge in [-0.15, -0.1) is 0 Å². The SMILES string of the molecule is COc1ccc(F)cc1C(C)(C)CNCC1CNC1. The Morgan fingerprint density at radius 1 is 1.42 bits per heavy atom. The molecule has 19 heavy (non-hydrogen) atoms. The van der Waals surface area contributed by atoms with Crippen molar-refractivity contribution in [2.75, 3.05) is 33.3 Å². The van der Waals surface area contributed by atoms with Crippen LogP contribution in [0, 0.1) is 11.7 Å². The van der Waals surface area contributed by atoms with E-state index in [1.165, 1.54) is 6.07 Å². The number of rotatable bonds is 6. The summed E-state index contributed by atoms with van der Waals surface area (Å²) in [5.74, 6) is 1.26. The van der Waals surface area contributed by atoms with E-state index >= 15 is 0 Å². The zero-order chi connectivity index (χ0) is 13.9. The zero-order valence-electron chi connectivity index (χ0n) is 11.9. The maximum atomic E-state index is 13.4. The van der Waals surface area contributed by atoms with E-state index in [4.69, 9.17) is 4.74 Å². The Morgan fingerprint density at radius 2 is 2.16 bits per heavy atom. The van der Waals surface area contributed by atoms with Gasteiger partial charge in [0, 0.05) is 37.2 Å². The summed E-state index contributed by atoms with van der Waals surface area (Å²) in [6, 6.07) is 4.71. The molecule has 1 heterocycles. The Labute approximate surface area is 114 Å². The number of hydrogen-bond donors (Lipinski definition) is 2. The summed E-state index contributed by atoms with van der Waals surface area (Å²) < 4.78 is 18.8. The molecule has 2 rings (SSSR count). The Hall–Kier alpha value is -1.13. The molecule has 0 aromatic heterocycles. The highest BCUT2D eigenvalue weighted by molar-refractivity contribution is 5.39. The van der Waals surface area contributed by atoms with Crippen molar-refractivity contribution in [1.29, 1.82) is 0 Å². The van der Waals surface area contributed by atoms with Crippen LogP contribution in [0.1, 0.15) is 19.4 Å². The third kappa shape index (κ3) is 3.45. The molecule has 4 heteroatoms. The lowest BCUT2D eigenvalue weighted by molar-refractivity contribution is 0.316. The van der Waals surface area contributed by atoms with Gasteiger partial charge < -0.3 is 15.4 Å². The molecule has 2 N–H and O–H groups in total. The van der Waals surface area contributed by atoms with E-state index < -0.39 is 0 Å². The summed E-state index contributed by atoms with van der Waals surface area (Å²) in [6.07, 6.45) is 0. The minimum Gasteiger partial charge on any atom is -0.496 e. The molecule has 0 unspecified atom stereocenters. The van der Waals surface area contributed by atoms with E-state index in [0.717, 1.165) is 43.4 Å². The standard InChI is InChI=1S/C15H23FN2O/c1-15(2,10-18-9-11-7-17-8-11)13-6-12(16)4-5-14(13)19-3/h4-6,11,17-18H,7-10H2,1-3H3. The van der Waals surface area contributed by atoms with Gasteiger partial charge in [0.05, 0.1) is 7.11 Å². The number of methoxy groups -OCH3 is 1. The average molecular weight is 266 g/mol. The largest absolute Gasteiger partial charge is 0.496 e. The lowest BCUT2D eigenvalue weighted by Crippen LogP contribution is -2.48. The number of nitrogens with one attached hydrogen (secondary N) is 2. The second-order valence-electron chi connectivity index (χ2n) is 5.88. The minimum atomic E-state index is -0.216. The molecule has 1 fully saturated rings. The number of ether oxygens (including phenoxy) is 1. The molecule has 0 saturated carbocycles. The fourth-order valence-electron chi connectivity index (χ4n) is 2.39. The smallest absolute Gasteiger partial charge is 0.123 e. The number of halogens is 1. The van der Waals surface area contributed by atoms with Gasteiger partial charge in [0.15, 0.2) is 0 Å². The van der Waals surface area contributed by atoms with Crippen LogP contribution in [0.2, 0.25) is 0 Å². The summed E-state index contributed by atoms with van der Waals surface area (Å²) in [6.45, 7) is 8.22. The Morgan fingerprint density at radius 3 is 2.74 bits per heavy atom. The lowest BCUT2D eigenvalue weighted by Gasteiger charge is -2.31. The highest BCUT2D eigenvalue weighted by atomic mass is 19.1. The van der Waals surface area contributed by atoms with Gasteiger partial charge in [-0.1, -0.05) is 13.8 Å². The van der Waals surface area contributed by atoms with E-state index in [0.29, 0.717) is 0 Å². The Balaban J connectivity index is 2.02. The van der Waals surface area contributed by atoms with Gasteiger partial charge in [-0.25, -0.2) is 4.39 Å². The summed E-state index contributed by atoms with van der Waals surface area (Å²) in [5.41, 5.74) is 0.749. The van der Waals surface area contributed by atoms with Gasteiger partial charge >= 0.3 is 0 Å². The molecule has 1 aromatic rings. The zero-order valence-corrected chi connectivity index (χ0v) is 11.9. The van der Waals surface area contributed by atoms with Crippen molar-refractivity contribution in [3.63, 3.8) is 0 Å². The van der Waals surface area contributed by atoms with Crippen molar-refractivity contribution in [1.82, 2.24) is 10.6 Å². The highest BCUT2D eigenvalue weighted by Crippen LogP contribution is 2.31. The second-order valence-corrected chi connectivity index (χ2v) is 5.88. The summed E-state index contributed by atoms with van der Waals surface area (Å²) in [5, 5.41) is 6.74. The molecule has 0 aliphatic carbocycles.